The van der Waals surface area contributed by atoms with E-state index in [4.69, 9.17) is 0 Å². The van der Waals surface area contributed by atoms with Gasteiger partial charge in [-0.1, -0.05) is 0 Å². The normalized spacial score (nSPS) is 9.71. The Hall–Kier alpha value is -2.04. The second-order valence-corrected chi connectivity index (χ2v) is 2.65. The minimum atomic E-state index is 0.638. The minimum Gasteiger partial charge on any atom is -0.364 e. The fourth-order valence-electron chi connectivity index (χ4n) is 0.999. The smallest absolute Gasteiger partial charge is 0.129 e. The number of aromatic nitrogens is 4. The summed E-state index contributed by atoms with van der Waals surface area (Å²) in [4.78, 5) is 15.8. The molecule has 0 spiro atoms. The zero-order chi connectivity index (χ0) is 9.64. The zero-order valence-corrected chi connectivity index (χ0v) is 7.46. The summed E-state index contributed by atoms with van der Waals surface area (Å²) in [5.74, 6) is 0.790. The fourth-order valence-corrected chi connectivity index (χ4v) is 0.999. The van der Waals surface area contributed by atoms with Crippen molar-refractivity contribution < 1.29 is 0 Å². The molecule has 0 unspecified atom stereocenters. The molecule has 2 aromatic rings. The Morgan fingerprint density at radius 1 is 1.00 bits per heavy atom. The summed E-state index contributed by atoms with van der Waals surface area (Å²) in [5.41, 5.74) is 0.929. The highest BCUT2D eigenvalue weighted by atomic mass is 15.0. The molecule has 2 heterocycles. The van der Waals surface area contributed by atoms with Crippen LogP contribution in [-0.2, 0) is 6.54 Å². The van der Waals surface area contributed by atoms with Gasteiger partial charge in [0.25, 0.3) is 0 Å². The Balaban J connectivity index is 1.96. The Bertz CT molecular complexity index is 335. The summed E-state index contributed by atoms with van der Waals surface area (Å²) < 4.78 is 0. The second-order valence-electron chi connectivity index (χ2n) is 2.65. The van der Waals surface area contributed by atoms with E-state index in [2.05, 4.69) is 25.3 Å². The predicted molar refractivity (Wildman–Crippen MR) is 51.4 cm³/mol. The molecule has 0 saturated carbocycles. The maximum atomic E-state index is 4.08. The van der Waals surface area contributed by atoms with Crippen LogP contribution in [-0.4, -0.2) is 19.9 Å². The number of anilines is 1. The highest BCUT2D eigenvalue weighted by Gasteiger charge is 1.93. The first-order valence-electron chi connectivity index (χ1n) is 4.20. The van der Waals surface area contributed by atoms with Gasteiger partial charge in [-0.3, -0.25) is 0 Å². The highest BCUT2D eigenvalue weighted by Crippen LogP contribution is 2.00. The van der Waals surface area contributed by atoms with Gasteiger partial charge in [-0.15, -0.1) is 0 Å². The van der Waals surface area contributed by atoms with Crippen LogP contribution in [0, 0.1) is 0 Å². The van der Waals surface area contributed by atoms with Gasteiger partial charge in [-0.2, -0.15) is 0 Å². The van der Waals surface area contributed by atoms with E-state index in [9.17, 15) is 0 Å². The lowest BCUT2D eigenvalue weighted by Crippen LogP contribution is -2.02. The first-order valence-corrected chi connectivity index (χ1v) is 4.20. The van der Waals surface area contributed by atoms with Crippen LogP contribution < -0.4 is 5.32 Å². The Labute approximate surface area is 81.3 Å². The number of rotatable bonds is 3. The molecule has 5 nitrogen and oxygen atoms in total. The van der Waals surface area contributed by atoms with Crippen molar-refractivity contribution in [3.63, 3.8) is 0 Å². The van der Waals surface area contributed by atoms with Crippen molar-refractivity contribution in [3.05, 3.63) is 42.9 Å². The molecule has 70 valence electrons. The van der Waals surface area contributed by atoms with Gasteiger partial charge < -0.3 is 5.32 Å². The molecule has 0 aliphatic heterocycles. The summed E-state index contributed by atoms with van der Waals surface area (Å²) >= 11 is 0. The van der Waals surface area contributed by atoms with Gasteiger partial charge in [0.2, 0.25) is 0 Å². The molecule has 0 saturated heterocycles. The SMILES string of the molecule is c1cc(CNc2ccncn2)ncn1. The molecule has 2 rings (SSSR count). The third kappa shape index (κ3) is 2.22. The number of nitrogens with one attached hydrogen (secondary N) is 1. The van der Waals surface area contributed by atoms with Crippen LogP contribution in [0.4, 0.5) is 5.82 Å². The maximum Gasteiger partial charge on any atom is 0.129 e. The molecule has 2 aromatic heterocycles. The van der Waals surface area contributed by atoms with E-state index in [-0.39, 0.29) is 0 Å². The molecule has 0 atom stereocenters. The molecule has 0 amide bonds. The van der Waals surface area contributed by atoms with E-state index in [1.165, 1.54) is 12.7 Å². The predicted octanol–water partition coefficient (Wildman–Crippen LogP) is 0.879. The van der Waals surface area contributed by atoms with Crippen molar-refractivity contribution in [3.8, 4) is 0 Å². The van der Waals surface area contributed by atoms with Crippen molar-refractivity contribution in [2.45, 2.75) is 6.54 Å². The van der Waals surface area contributed by atoms with Crippen LogP contribution in [0.3, 0.4) is 0 Å². The molecular formula is C9H9N5. The van der Waals surface area contributed by atoms with Gasteiger partial charge in [0.05, 0.1) is 12.2 Å². The van der Waals surface area contributed by atoms with E-state index < -0.39 is 0 Å². The standard InChI is InChI=1S/C9H9N5/c1-3-10-6-13-8(1)5-12-9-2-4-11-7-14-9/h1-4,6-7H,5H2,(H,11,12,14). The Kier molecular flexibility index (Phi) is 2.61. The Morgan fingerprint density at radius 2 is 1.79 bits per heavy atom. The molecule has 0 aromatic carbocycles. The van der Waals surface area contributed by atoms with E-state index >= 15 is 0 Å². The van der Waals surface area contributed by atoms with E-state index in [0.717, 1.165) is 11.5 Å². The van der Waals surface area contributed by atoms with Gasteiger partial charge in [0.15, 0.2) is 0 Å². The van der Waals surface area contributed by atoms with Crippen LogP contribution in [0.15, 0.2) is 37.2 Å². The van der Waals surface area contributed by atoms with Crippen LogP contribution in [0.2, 0.25) is 0 Å². The van der Waals surface area contributed by atoms with Crippen molar-refractivity contribution in [2.75, 3.05) is 5.32 Å². The topological polar surface area (TPSA) is 63.6 Å². The monoisotopic (exact) mass is 187 g/mol. The minimum absolute atomic E-state index is 0.638. The molecule has 1 N–H and O–H groups in total. The quantitative estimate of drug-likeness (QED) is 0.772. The van der Waals surface area contributed by atoms with E-state index in [1.807, 2.05) is 6.07 Å². The average molecular weight is 187 g/mol. The Morgan fingerprint density at radius 3 is 2.43 bits per heavy atom. The van der Waals surface area contributed by atoms with E-state index in [0.29, 0.717) is 6.54 Å². The lowest BCUT2D eigenvalue weighted by atomic mass is 10.4. The molecule has 0 radical (unpaired) electrons. The maximum absolute atomic E-state index is 4.08. The summed E-state index contributed by atoms with van der Waals surface area (Å²) in [6, 6.07) is 3.66. The van der Waals surface area contributed by atoms with Crippen LogP contribution in [0.1, 0.15) is 5.69 Å². The molecule has 0 fully saturated rings. The molecule has 14 heavy (non-hydrogen) atoms. The average Bonchev–Trinajstić information content (AvgIpc) is 2.29. The van der Waals surface area contributed by atoms with Gasteiger partial charge >= 0.3 is 0 Å². The van der Waals surface area contributed by atoms with Crippen LogP contribution in [0.25, 0.3) is 0 Å². The third-order valence-electron chi connectivity index (χ3n) is 1.68. The first kappa shape index (κ1) is 8.55. The number of nitrogens with zero attached hydrogens (tertiary/aromatic N) is 4. The molecule has 0 aliphatic rings. The van der Waals surface area contributed by atoms with Crippen molar-refractivity contribution in [1.82, 2.24) is 19.9 Å². The molecule has 5 heteroatoms. The van der Waals surface area contributed by atoms with Crippen molar-refractivity contribution in [2.24, 2.45) is 0 Å². The van der Waals surface area contributed by atoms with Crippen LogP contribution in [0.5, 0.6) is 0 Å². The summed E-state index contributed by atoms with van der Waals surface area (Å²) in [6.07, 6.45) is 6.43. The summed E-state index contributed by atoms with van der Waals surface area (Å²) in [6.45, 7) is 0.638. The molecule has 0 bridgehead atoms. The van der Waals surface area contributed by atoms with Crippen molar-refractivity contribution in [1.29, 1.82) is 0 Å². The highest BCUT2D eigenvalue weighted by molar-refractivity contribution is 5.31. The lowest BCUT2D eigenvalue weighted by molar-refractivity contribution is 0.991. The first-order chi connectivity index (χ1) is 6.95. The fraction of sp³-hybridized carbons (Fsp3) is 0.111. The van der Waals surface area contributed by atoms with Gasteiger partial charge in [0.1, 0.15) is 18.5 Å². The van der Waals surface area contributed by atoms with Gasteiger partial charge in [-0.25, -0.2) is 19.9 Å². The number of hydrogen-bond donors (Lipinski definition) is 1. The molecular weight excluding hydrogens is 178 g/mol. The third-order valence-corrected chi connectivity index (χ3v) is 1.68. The second kappa shape index (κ2) is 4.27. The largest absolute Gasteiger partial charge is 0.364 e. The van der Waals surface area contributed by atoms with Crippen molar-refractivity contribution >= 4 is 5.82 Å². The lowest BCUT2D eigenvalue weighted by Gasteiger charge is -2.02. The van der Waals surface area contributed by atoms with Crippen LogP contribution >= 0.6 is 0 Å². The summed E-state index contributed by atoms with van der Waals surface area (Å²) in [5, 5.41) is 3.12. The van der Waals surface area contributed by atoms with E-state index in [1.54, 1.807) is 18.5 Å². The van der Waals surface area contributed by atoms with Gasteiger partial charge in [-0.05, 0) is 12.1 Å². The van der Waals surface area contributed by atoms with Gasteiger partial charge in [0, 0.05) is 12.4 Å². The summed E-state index contributed by atoms with van der Waals surface area (Å²) in [7, 11) is 0. The number of hydrogen-bond acceptors (Lipinski definition) is 5. The molecule has 0 aliphatic carbocycles. The zero-order valence-electron chi connectivity index (χ0n) is 7.46.